The van der Waals surface area contributed by atoms with E-state index in [-0.39, 0.29) is 5.41 Å². The molecule has 0 unspecified atom stereocenters. The van der Waals surface area contributed by atoms with E-state index in [4.69, 9.17) is 16.3 Å². The van der Waals surface area contributed by atoms with Crippen molar-refractivity contribution in [2.24, 2.45) is 5.41 Å². The van der Waals surface area contributed by atoms with Crippen molar-refractivity contribution >= 4 is 17.4 Å². The largest absolute Gasteiger partial charge is 0.481 e. The number of methoxy groups -OCH3 is 1. The monoisotopic (exact) mass is 243 g/mol. The Morgan fingerprint density at radius 1 is 1.44 bits per heavy atom. The second kappa shape index (κ2) is 5.89. The van der Waals surface area contributed by atoms with Crippen LogP contribution in [-0.2, 0) is 0 Å². The molecule has 1 rings (SSSR count). The first-order chi connectivity index (χ1) is 7.57. The molecule has 1 aromatic heterocycles. The van der Waals surface area contributed by atoms with Crippen molar-refractivity contribution in [1.82, 2.24) is 9.97 Å². The van der Waals surface area contributed by atoms with E-state index in [1.54, 1.807) is 13.2 Å². The zero-order chi connectivity index (χ0) is 12.0. The van der Waals surface area contributed by atoms with Crippen molar-refractivity contribution in [3.63, 3.8) is 0 Å². The zero-order valence-electron chi connectivity index (χ0n) is 9.96. The number of anilines is 1. The highest BCUT2D eigenvalue weighted by Crippen LogP contribution is 2.21. The molecule has 0 saturated carbocycles. The summed E-state index contributed by atoms with van der Waals surface area (Å²) in [6, 6.07) is 1.77. The molecule has 4 nitrogen and oxygen atoms in total. The van der Waals surface area contributed by atoms with Gasteiger partial charge >= 0.3 is 0 Å². The Morgan fingerprint density at radius 3 is 2.81 bits per heavy atom. The lowest BCUT2D eigenvalue weighted by Gasteiger charge is -2.24. The van der Waals surface area contributed by atoms with Gasteiger partial charge in [-0.15, -0.1) is 11.6 Å². The van der Waals surface area contributed by atoms with Crippen molar-refractivity contribution in [2.75, 3.05) is 24.9 Å². The van der Waals surface area contributed by atoms with Crippen LogP contribution in [0.2, 0.25) is 0 Å². The zero-order valence-corrected chi connectivity index (χ0v) is 10.7. The SMILES string of the molecule is COc1cc(NCC(C)(C)CCCl)ncn1. The van der Waals surface area contributed by atoms with E-state index in [0.29, 0.717) is 11.8 Å². The van der Waals surface area contributed by atoms with Gasteiger partial charge in [0, 0.05) is 18.5 Å². The van der Waals surface area contributed by atoms with Gasteiger partial charge in [0.25, 0.3) is 0 Å². The molecule has 0 radical (unpaired) electrons. The summed E-state index contributed by atoms with van der Waals surface area (Å²) in [6.45, 7) is 5.15. The van der Waals surface area contributed by atoms with Crippen LogP contribution in [0.15, 0.2) is 12.4 Å². The number of ether oxygens (including phenoxy) is 1. The number of hydrogen-bond donors (Lipinski definition) is 1. The summed E-state index contributed by atoms with van der Waals surface area (Å²) in [5.74, 6) is 2.00. The standard InChI is InChI=1S/C11H18ClN3O/c1-11(2,4-5-12)7-13-9-6-10(16-3)15-8-14-9/h6,8H,4-5,7H2,1-3H3,(H,13,14,15). The van der Waals surface area contributed by atoms with Gasteiger partial charge in [-0.3, -0.25) is 0 Å². The third kappa shape index (κ3) is 4.23. The summed E-state index contributed by atoms with van der Waals surface area (Å²) < 4.78 is 5.02. The third-order valence-corrected chi connectivity index (χ3v) is 2.56. The van der Waals surface area contributed by atoms with Gasteiger partial charge in [0.2, 0.25) is 5.88 Å². The van der Waals surface area contributed by atoms with Crippen LogP contribution in [0, 0.1) is 5.41 Å². The molecule has 0 atom stereocenters. The predicted molar refractivity (Wildman–Crippen MR) is 66.2 cm³/mol. The first-order valence-electron chi connectivity index (χ1n) is 5.23. The molecule has 0 aliphatic heterocycles. The molecule has 0 fully saturated rings. The molecule has 0 aliphatic carbocycles. The van der Waals surface area contributed by atoms with Crippen LogP contribution in [0.5, 0.6) is 5.88 Å². The van der Waals surface area contributed by atoms with Crippen molar-refractivity contribution in [1.29, 1.82) is 0 Å². The van der Waals surface area contributed by atoms with Crippen molar-refractivity contribution in [2.45, 2.75) is 20.3 Å². The molecule has 5 heteroatoms. The van der Waals surface area contributed by atoms with E-state index in [1.165, 1.54) is 6.33 Å². The lowest BCUT2D eigenvalue weighted by molar-refractivity contribution is 0.378. The number of rotatable bonds is 6. The van der Waals surface area contributed by atoms with E-state index in [2.05, 4.69) is 29.1 Å². The molecule has 0 spiro atoms. The second-order valence-electron chi connectivity index (χ2n) is 4.40. The summed E-state index contributed by atoms with van der Waals surface area (Å²) in [7, 11) is 1.59. The maximum atomic E-state index is 5.74. The number of aromatic nitrogens is 2. The number of alkyl halides is 1. The van der Waals surface area contributed by atoms with Gasteiger partial charge in [-0.2, -0.15) is 0 Å². The minimum absolute atomic E-state index is 0.153. The average Bonchev–Trinajstić information content (AvgIpc) is 2.27. The van der Waals surface area contributed by atoms with Gasteiger partial charge in [0.15, 0.2) is 0 Å². The fraction of sp³-hybridized carbons (Fsp3) is 0.636. The molecule has 0 amide bonds. The summed E-state index contributed by atoms with van der Waals surface area (Å²) in [5, 5.41) is 3.25. The molecule has 0 saturated heterocycles. The van der Waals surface area contributed by atoms with E-state index in [0.717, 1.165) is 18.8 Å². The minimum atomic E-state index is 0.153. The molecule has 1 N–H and O–H groups in total. The second-order valence-corrected chi connectivity index (χ2v) is 4.78. The Bertz CT molecular complexity index is 331. The highest BCUT2D eigenvalue weighted by Gasteiger charge is 2.16. The Kier molecular flexibility index (Phi) is 4.80. The predicted octanol–water partition coefficient (Wildman–Crippen LogP) is 2.55. The average molecular weight is 244 g/mol. The first-order valence-corrected chi connectivity index (χ1v) is 5.77. The van der Waals surface area contributed by atoms with Crippen LogP contribution < -0.4 is 10.1 Å². The normalized spacial score (nSPS) is 11.2. The van der Waals surface area contributed by atoms with Crippen molar-refractivity contribution in [3.05, 3.63) is 12.4 Å². The van der Waals surface area contributed by atoms with E-state index in [1.807, 2.05) is 0 Å². The van der Waals surface area contributed by atoms with E-state index < -0.39 is 0 Å². The minimum Gasteiger partial charge on any atom is -0.481 e. The third-order valence-electron chi connectivity index (χ3n) is 2.37. The van der Waals surface area contributed by atoms with Gasteiger partial charge in [-0.05, 0) is 11.8 Å². The van der Waals surface area contributed by atoms with E-state index in [9.17, 15) is 0 Å². The van der Waals surface area contributed by atoms with E-state index >= 15 is 0 Å². The number of nitrogens with one attached hydrogen (secondary N) is 1. The fourth-order valence-electron chi connectivity index (χ4n) is 1.22. The first kappa shape index (κ1) is 13.0. The van der Waals surface area contributed by atoms with Crippen LogP contribution in [-0.4, -0.2) is 29.5 Å². The summed E-state index contributed by atoms with van der Waals surface area (Å²) in [4.78, 5) is 8.06. The van der Waals surface area contributed by atoms with Crippen LogP contribution in [0.25, 0.3) is 0 Å². The highest BCUT2D eigenvalue weighted by molar-refractivity contribution is 6.17. The Labute approximate surface area is 101 Å². The number of hydrogen-bond acceptors (Lipinski definition) is 4. The quantitative estimate of drug-likeness (QED) is 0.780. The molecule has 16 heavy (non-hydrogen) atoms. The van der Waals surface area contributed by atoms with Gasteiger partial charge in [-0.1, -0.05) is 13.8 Å². The van der Waals surface area contributed by atoms with Crippen molar-refractivity contribution in [3.8, 4) is 5.88 Å². The lowest BCUT2D eigenvalue weighted by Crippen LogP contribution is -2.24. The molecule has 1 aromatic rings. The van der Waals surface area contributed by atoms with Crippen LogP contribution in [0.4, 0.5) is 5.82 Å². The summed E-state index contributed by atoms with van der Waals surface area (Å²) >= 11 is 5.74. The van der Waals surface area contributed by atoms with Gasteiger partial charge in [0.1, 0.15) is 12.1 Å². The molecule has 0 aliphatic rings. The molecule has 1 heterocycles. The molecule has 0 aromatic carbocycles. The molecular formula is C11H18ClN3O. The van der Waals surface area contributed by atoms with Gasteiger partial charge in [0.05, 0.1) is 7.11 Å². The summed E-state index contributed by atoms with van der Waals surface area (Å²) in [5.41, 5.74) is 0.153. The Hall–Kier alpha value is -1.03. The smallest absolute Gasteiger partial charge is 0.218 e. The molecule has 0 bridgehead atoms. The Balaban J connectivity index is 2.53. The van der Waals surface area contributed by atoms with Crippen molar-refractivity contribution < 1.29 is 4.74 Å². The number of nitrogens with zero attached hydrogens (tertiary/aromatic N) is 2. The maximum Gasteiger partial charge on any atom is 0.218 e. The Morgan fingerprint density at radius 2 is 2.19 bits per heavy atom. The number of halogens is 1. The topological polar surface area (TPSA) is 47.0 Å². The lowest BCUT2D eigenvalue weighted by atomic mass is 9.90. The summed E-state index contributed by atoms with van der Waals surface area (Å²) in [6.07, 6.45) is 2.44. The molecule has 90 valence electrons. The molecular weight excluding hydrogens is 226 g/mol. The van der Waals surface area contributed by atoms with Gasteiger partial charge in [-0.25, -0.2) is 9.97 Å². The highest BCUT2D eigenvalue weighted by atomic mass is 35.5. The van der Waals surface area contributed by atoms with Crippen LogP contribution in [0.1, 0.15) is 20.3 Å². The van der Waals surface area contributed by atoms with Crippen LogP contribution in [0.3, 0.4) is 0 Å². The fourth-order valence-corrected chi connectivity index (χ4v) is 1.73. The maximum absolute atomic E-state index is 5.74. The van der Waals surface area contributed by atoms with Gasteiger partial charge < -0.3 is 10.1 Å². The van der Waals surface area contributed by atoms with Crippen LogP contribution >= 0.6 is 11.6 Å².